The Morgan fingerprint density at radius 1 is 1.27 bits per heavy atom. The van der Waals surface area contributed by atoms with Crippen molar-refractivity contribution in [3.63, 3.8) is 0 Å². The molecule has 1 aromatic carbocycles. The van der Waals surface area contributed by atoms with Crippen molar-refractivity contribution in [3.05, 3.63) is 48.1 Å². The summed E-state index contributed by atoms with van der Waals surface area (Å²) in [4.78, 5) is 0. The SMILES string of the molecule is COc1ccccc1OCC[C@@]1(S(=O)(=O)O)C=CC(C)=CC1. The molecule has 0 aliphatic heterocycles. The van der Waals surface area contributed by atoms with Crippen LogP contribution in [0, 0.1) is 0 Å². The van der Waals surface area contributed by atoms with E-state index in [1.54, 1.807) is 37.5 Å². The van der Waals surface area contributed by atoms with E-state index in [0.717, 1.165) is 5.57 Å². The first kappa shape index (κ1) is 16.6. The Kier molecular flexibility index (Phi) is 4.93. The molecule has 2 rings (SSSR count). The van der Waals surface area contributed by atoms with Crippen molar-refractivity contribution in [1.82, 2.24) is 0 Å². The number of hydrogen-bond acceptors (Lipinski definition) is 4. The quantitative estimate of drug-likeness (QED) is 0.814. The highest BCUT2D eigenvalue weighted by atomic mass is 32.2. The Labute approximate surface area is 131 Å². The minimum Gasteiger partial charge on any atom is -0.493 e. The maximum atomic E-state index is 11.8. The molecule has 1 aliphatic carbocycles. The van der Waals surface area contributed by atoms with Crippen molar-refractivity contribution in [3.8, 4) is 11.5 Å². The van der Waals surface area contributed by atoms with E-state index in [1.807, 2.05) is 19.1 Å². The maximum Gasteiger partial charge on any atom is 0.274 e. The molecule has 0 saturated carbocycles. The Hall–Kier alpha value is -1.79. The fraction of sp³-hybridized carbons (Fsp3) is 0.375. The van der Waals surface area contributed by atoms with Gasteiger partial charge in [-0.15, -0.1) is 0 Å². The molecule has 0 radical (unpaired) electrons. The van der Waals surface area contributed by atoms with Crippen LogP contribution in [-0.2, 0) is 10.1 Å². The summed E-state index contributed by atoms with van der Waals surface area (Å²) in [6, 6.07) is 7.14. The summed E-state index contributed by atoms with van der Waals surface area (Å²) in [7, 11) is -2.68. The number of para-hydroxylation sites is 2. The first-order valence-corrected chi connectivity index (χ1v) is 8.41. The van der Waals surface area contributed by atoms with Crippen molar-refractivity contribution in [1.29, 1.82) is 0 Å². The molecule has 0 unspecified atom stereocenters. The number of rotatable bonds is 6. The average Bonchev–Trinajstić information content (AvgIpc) is 2.49. The smallest absolute Gasteiger partial charge is 0.274 e. The zero-order valence-electron chi connectivity index (χ0n) is 12.7. The third kappa shape index (κ3) is 3.51. The molecule has 5 nitrogen and oxygen atoms in total. The summed E-state index contributed by atoms with van der Waals surface area (Å²) in [5, 5.41) is 0. The first-order valence-electron chi connectivity index (χ1n) is 6.97. The average molecular weight is 324 g/mol. The zero-order valence-corrected chi connectivity index (χ0v) is 13.5. The van der Waals surface area contributed by atoms with E-state index in [-0.39, 0.29) is 19.4 Å². The summed E-state index contributed by atoms with van der Waals surface area (Å²) < 4.78 is 42.6. The third-order valence-electron chi connectivity index (χ3n) is 3.79. The summed E-state index contributed by atoms with van der Waals surface area (Å²) in [5.41, 5.74) is 0.977. The lowest BCUT2D eigenvalue weighted by Crippen LogP contribution is -2.38. The molecule has 0 aromatic heterocycles. The normalized spacial score (nSPS) is 21.3. The van der Waals surface area contributed by atoms with Crippen molar-refractivity contribution in [2.75, 3.05) is 13.7 Å². The van der Waals surface area contributed by atoms with E-state index in [4.69, 9.17) is 9.47 Å². The third-order valence-corrected chi connectivity index (χ3v) is 5.32. The van der Waals surface area contributed by atoms with Crippen LogP contribution in [0.1, 0.15) is 19.8 Å². The van der Waals surface area contributed by atoms with Gasteiger partial charge < -0.3 is 9.47 Å². The molecule has 6 heteroatoms. The molecule has 1 aromatic rings. The van der Waals surface area contributed by atoms with Gasteiger partial charge in [0, 0.05) is 6.42 Å². The van der Waals surface area contributed by atoms with E-state index in [0.29, 0.717) is 11.5 Å². The Morgan fingerprint density at radius 3 is 2.50 bits per heavy atom. The van der Waals surface area contributed by atoms with Crippen LogP contribution in [0.15, 0.2) is 48.1 Å². The number of allylic oxidation sites excluding steroid dienone is 3. The van der Waals surface area contributed by atoms with Gasteiger partial charge in [0.2, 0.25) is 0 Å². The fourth-order valence-corrected chi connectivity index (χ4v) is 3.21. The van der Waals surface area contributed by atoms with Crippen molar-refractivity contribution >= 4 is 10.1 Å². The van der Waals surface area contributed by atoms with E-state index in [1.165, 1.54) is 0 Å². The minimum atomic E-state index is -4.22. The van der Waals surface area contributed by atoms with Crippen LogP contribution < -0.4 is 9.47 Å². The molecule has 0 spiro atoms. The molecular weight excluding hydrogens is 304 g/mol. The maximum absolute atomic E-state index is 11.8. The number of methoxy groups -OCH3 is 1. The zero-order chi connectivity index (χ0) is 16.2. The van der Waals surface area contributed by atoms with Gasteiger partial charge in [-0.25, -0.2) is 0 Å². The second kappa shape index (κ2) is 6.54. The minimum absolute atomic E-state index is 0.150. The highest BCUT2D eigenvalue weighted by molar-refractivity contribution is 7.87. The van der Waals surface area contributed by atoms with Crippen LogP contribution in [0.5, 0.6) is 11.5 Å². The van der Waals surface area contributed by atoms with E-state index in [9.17, 15) is 13.0 Å². The lowest BCUT2D eigenvalue weighted by atomic mass is 9.93. The molecule has 0 amide bonds. The van der Waals surface area contributed by atoms with Gasteiger partial charge in [0.15, 0.2) is 11.5 Å². The van der Waals surface area contributed by atoms with Crippen LogP contribution in [0.25, 0.3) is 0 Å². The molecule has 0 fully saturated rings. The molecule has 0 saturated heterocycles. The summed E-state index contributed by atoms with van der Waals surface area (Å²) >= 11 is 0. The van der Waals surface area contributed by atoms with Crippen molar-refractivity contribution in [2.45, 2.75) is 24.5 Å². The molecule has 120 valence electrons. The van der Waals surface area contributed by atoms with Gasteiger partial charge in [-0.1, -0.05) is 35.9 Å². The lowest BCUT2D eigenvalue weighted by Gasteiger charge is -2.28. The van der Waals surface area contributed by atoms with Gasteiger partial charge in [-0.2, -0.15) is 8.42 Å². The predicted octanol–water partition coefficient (Wildman–Crippen LogP) is 3.00. The predicted molar refractivity (Wildman–Crippen MR) is 84.9 cm³/mol. The van der Waals surface area contributed by atoms with Crippen LogP contribution >= 0.6 is 0 Å². The summed E-state index contributed by atoms with van der Waals surface area (Å²) in [6.45, 7) is 2.03. The topological polar surface area (TPSA) is 72.8 Å². The Bertz CT molecular complexity index is 690. The molecule has 0 bridgehead atoms. The molecular formula is C16H20O5S. The molecule has 22 heavy (non-hydrogen) atoms. The van der Waals surface area contributed by atoms with Crippen LogP contribution in [-0.4, -0.2) is 31.4 Å². The standard InChI is InChI=1S/C16H20O5S/c1-13-7-9-16(10-8-13,22(17,18)19)11-12-21-15-6-4-3-5-14(15)20-2/h3-9H,10-12H2,1-2H3,(H,17,18,19)/t16-/m1/s1. The highest BCUT2D eigenvalue weighted by Crippen LogP contribution is 2.33. The second-order valence-electron chi connectivity index (χ2n) is 5.27. The van der Waals surface area contributed by atoms with E-state index in [2.05, 4.69) is 0 Å². The molecule has 1 N–H and O–H groups in total. The fourth-order valence-electron chi connectivity index (χ4n) is 2.33. The van der Waals surface area contributed by atoms with Crippen LogP contribution in [0.3, 0.4) is 0 Å². The van der Waals surface area contributed by atoms with Gasteiger partial charge in [0.1, 0.15) is 4.75 Å². The van der Waals surface area contributed by atoms with Gasteiger partial charge in [0.25, 0.3) is 10.1 Å². The number of hydrogen-bond donors (Lipinski definition) is 1. The number of benzene rings is 1. The van der Waals surface area contributed by atoms with Gasteiger partial charge in [0.05, 0.1) is 13.7 Å². The Balaban J connectivity index is 2.09. The molecule has 1 atom stereocenters. The lowest BCUT2D eigenvalue weighted by molar-refractivity contribution is 0.274. The second-order valence-corrected chi connectivity index (χ2v) is 7.04. The van der Waals surface area contributed by atoms with Crippen molar-refractivity contribution < 1.29 is 22.4 Å². The monoisotopic (exact) mass is 324 g/mol. The summed E-state index contributed by atoms with van der Waals surface area (Å²) in [6.07, 6.45) is 5.45. The first-order chi connectivity index (χ1) is 10.4. The van der Waals surface area contributed by atoms with Crippen molar-refractivity contribution in [2.24, 2.45) is 0 Å². The number of ether oxygens (including phenoxy) is 2. The summed E-state index contributed by atoms with van der Waals surface area (Å²) in [5.74, 6) is 1.13. The van der Waals surface area contributed by atoms with Gasteiger partial charge in [-0.3, -0.25) is 4.55 Å². The van der Waals surface area contributed by atoms with E-state index < -0.39 is 14.9 Å². The molecule has 1 aliphatic rings. The van der Waals surface area contributed by atoms with Gasteiger partial charge >= 0.3 is 0 Å². The largest absolute Gasteiger partial charge is 0.493 e. The van der Waals surface area contributed by atoms with Gasteiger partial charge in [-0.05, 0) is 25.5 Å². The van der Waals surface area contributed by atoms with E-state index >= 15 is 0 Å². The highest BCUT2D eigenvalue weighted by Gasteiger charge is 2.40. The van der Waals surface area contributed by atoms with Crippen LogP contribution in [0.4, 0.5) is 0 Å². The van der Waals surface area contributed by atoms with Crippen LogP contribution in [0.2, 0.25) is 0 Å². The Morgan fingerprint density at radius 2 is 1.95 bits per heavy atom. The molecule has 0 heterocycles.